The third kappa shape index (κ3) is 1.97. The molecule has 4 nitrogen and oxygen atoms in total. The van der Waals surface area contributed by atoms with Crippen molar-refractivity contribution in [2.75, 3.05) is 13.2 Å². The summed E-state index contributed by atoms with van der Waals surface area (Å²) in [7, 11) is 0. The highest BCUT2D eigenvalue weighted by Gasteiger charge is 2.49. The summed E-state index contributed by atoms with van der Waals surface area (Å²) in [5.41, 5.74) is 5.52. The number of nitrogens with two attached hydrogens (primary N) is 1. The van der Waals surface area contributed by atoms with E-state index < -0.39 is 5.41 Å². The van der Waals surface area contributed by atoms with E-state index in [1.165, 1.54) is 0 Å². The third-order valence-corrected chi connectivity index (χ3v) is 4.50. The van der Waals surface area contributed by atoms with Crippen LogP contribution in [0, 0.1) is 5.41 Å². The molecule has 2 rings (SSSR count). The highest BCUT2D eigenvalue weighted by molar-refractivity contribution is 5.84. The molecule has 0 aliphatic carbocycles. The molecule has 0 radical (unpaired) electrons. The Bertz CT molecular complexity index is 308. The first-order valence-electron chi connectivity index (χ1n) is 6.66. The summed E-state index contributed by atoms with van der Waals surface area (Å²) in [5.74, 6) is 0.194. The van der Waals surface area contributed by atoms with E-state index in [4.69, 9.17) is 10.5 Å². The molecule has 2 N–H and O–H groups in total. The summed E-state index contributed by atoms with van der Waals surface area (Å²) in [4.78, 5) is 14.8. The van der Waals surface area contributed by atoms with E-state index in [9.17, 15) is 4.79 Å². The van der Waals surface area contributed by atoms with E-state index in [0.29, 0.717) is 25.3 Å². The first-order chi connectivity index (χ1) is 8.00. The van der Waals surface area contributed by atoms with Crippen LogP contribution in [0.4, 0.5) is 0 Å². The highest BCUT2D eigenvalue weighted by Crippen LogP contribution is 2.35. The summed E-state index contributed by atoms with van der Waals surface area (Å²) in [6.07, 6.45) is 3.26. The van der Waals surface area contributed by atoms with Gasteiger partial charge < -0.3 is 15.4 Å². The van der Waals surface area contributed by atoms with Gasteiger partial charge in [-0.05, 0) is 33.1 Å². The predicted molar refractivity (Wildman–Crippen MR) is 66.5 cm³/mol. The topological polar surface area (TPSA) is 55.6 Å². The fourth-order valence-electron chi connectivity index (χ4n) is 3.04. The molecule has 0 saturated carbocycles. The quantitative estimate of drug-likeness (QED) is 0.787. The minimum Gasteiger partial charge on any atom is -0.379 e. The summed E-state index contributed by atoms with van der Waals surface area (Å²) in [6, 6.07) is 0.569. The number of hydrogen-bond donors (Lipinski definition) is 1. The molecule has 0 aromatic rings. The summed E-state index contributed by atoms with van der Waals surface area (Å²) in [5, 5.41) is 0. The lowest BCUT2D eigenvalue weighted by Gasteiger charge is -2.36. The molecule has 2 aliphatic heterocycles. The Balaban J connectivity index is 2.18. The zero-order valence-electron chi connectivity index (χ0n) is 11.1. The van der Waals surface area contributed by atoms with Crippen LogP contribution in [0.2, 0.25) is 0 Å². The summed E-state index contributed by atoms with van der Waals surface area (Å²) < 4.78 is 5.38. The first-order valence-corrected chi connectivity index (χ1v) is 6.66. The standard InChI is InChI=1S/C13H24N2O2/c1-4-10-6-5-9(2)15(10)12(16)13(3)8-17-7-11(13)14/h9-11H,4-8,14H2,1-3H3. The van der Waals surface area contributed by atoms with Crippen molar-refractivity contribution in [2.24, 2.45) is 11.1 Å². The summed E-state index contributed by atoms with van der Waals surface area (Å²) >= 11 is 0. The monoisotopic (exact) mass is 240 g/mol. The normalized spacial score (nSPS) is 42.1. The van der Waals surface area contributed by atoms with Crippen LogP contribution in [0.1, 0.15) is 40.0 Å². The number of hydrogen-bond acceptors (Lipinski definition) is 3. The highest BCUT2D eigenvalue weighted by atomic mass is 16.5. The number of amides is 1. The zero-order chi connectivity index (χ0) is 12.6. The van der Waals surface area contributed by atoms with Gasteiger partial charge in [-0.3, -0.25) is 4.79 Å². The van der Waals surface area contributed by atoms with Crippen molar-refractivity contribution in [3.63, 3.8) is 0 Å². The molecule has 2 saturated heterocycles. The molecule has 1 amide bonds. The Morgan fingerprint density at radius 3 is 2.76 bits per heavy atom. The molecule has 0 spiro atoms. The van der Waals surface area contributed by atoms with Crippen LogP contribution < -0.4 is 5.73 Å². The number of rotatable bonds is 2. The number of carbonyl (C=O) groups is 1. The van der Waals surface area contributed by atoms with E-state index in [1.54, 1.807) is 0 Å². The maximum Gasteiger partial charge on any atom is 0.233 e. The Kier molecular flexibility index (Phi) is 3.46. The van der Waals surface area contributed by atoms with Crippen molar-refractivity contribution in [2.45, 2.75) is 58.2 Å². The second-order valence-corrected chi connectivity index (χ2v) is 5.74. The van der Waals surface area contributed by atoms with Crippen LogP contribution in [0.3, 0.4) is 0 Å². The van der Waals surface area contributed by atoms with Crippen LogP contribution in [-0.4, -0.2) is 42.1 Å². The number of nitrogens with zero attached hydrogens (tertiary/aromatic N) is 1. The van der Waals surface area contributed by atoms with Crippen LogP contribution in [0.5, 0.6) is 0 Å². The fraction of sp³-hybridized carbons (Fsp3) is 0.923. The van der Waals surface area contributed by atoms with Gasteiger partial charge in [0, 0.05) is 18.1 Å². The predicted octanol–water partition coefficient (Wildman–Crippen LogP) is 1.14. The van der Waals surface area contributed by atoms with Gasteiger partial charge >= 0.3 is 0 Å². The van der Waals surface area contributed by atoms with Crippen molar-refractivity contribution < 1.29 is 9.53 Å². The van der Waals surface area contributed by atoms with Gasteiger partial charge in [-0.1, -0.05) is 6.92 Å². The molecule has 4 unspecified atom stereocenters. The average molecular weight is 240 g/mol. The van der Waals surface area contributed by atoms with Crippen LogP contribution in [0.25, 0.3) is 0 Å². The number of carbonyl (C=O) groups excluding carboxylic acids is 1. The van der Waals surface area contributed by atoms with Crippen molar-refractivity contribution in [3.05, 3.63) is 0 Å². The van der Waals surface area contributed by atoms with E-state index >= 15 is 0 Å². The average Bonchev–Trinajstić information content (AvgIpc) is 2.83. The summed E-state index contributed by atoms with van der Waals surface area (Å²) in [6.45, 7) is 7.20. The molecule has 4 atom stereocenters. The fourth-order valence-corrected chi connectivity index (χ4v) is 3.04. The largest absolute Gasteiger partial charge is 0.379 e. The van der Waals surface area contributed by atoms with Crippen molar-refractivity contribution in [1.29, 1.82) is 0 Å². The van der Waals surface area contributed by atoms with Gasteiger partial charge in [0.2, 0.25) is 5.91 Å². The molecule has 4 heteroatoms. The minimum atomic E-state index is -0.522. The molecule has 0 aromatic carbocycles. The Morgan fingerprint density at radius 2 is 2.24 bits per heavy atom. The molecule has 2 heterocycles. The SMILES string of the molecule is CCC1CCC(C)N1C(=O)C1(C)COCC1N. The van der Waals surface area contributed by atoms with Crippen LogP contribution in [-0.2, 0) is 9.53 Å². The molecule has 17 heavy (non-hydrogen) atoms. The van der Waals surface area contributed by atoms with Gasteiger partial charge in [-0.15, -0.1) is 0 Å². The maximum atomic E-state index is 12.7. The van der Waals surface area contributed by atoms with E-state index in [-0.39, 0.29) is 11.9 Å². The second kappa shape index (κ2) is 4.58. The lowest BCUT2D eigenvalue weighted by molar-refractivity contribution is -0.144. The molecule has 0 bridgehead atoms. The van der Waals surface area contributed by atoms with Crippen molar-refractivity contribution in [1.82, 2.24) is 4.90 Å². The van der Waals surface area contributed by atoms with Crippen LogP contribution >= 0.6 is 0 Å². The van der Waals surface area contributed by atoms with E-state index in [1.807, 2.05) is 6.92 Å². The van der Waals surface area contributed by atoms with E-state index in [0.717, 1.165) is 19.3 Å². The second-order valence-electron chi connectivity index (χ2n) is 5.74. The zero-order valence-corrected chi connectivity index (χ0v) is 11.1. The molecule has 98 valence electrons. The van der Waals surface area contributed by atoms with Gasteiger partial charge in [-0.25, -0.2) is 0 Å². The molecular formula is C13H24N2O2. The van der Waals surface area contributed by atoms with Crippen LogP contribution in [0.15, 0.2) is 0 Å². The lowest BCUT2D eigenvalue weighted by Crippen LogP contribution is -2.54. The number of likely N-dealkylation sites (tertiary alicyclic amines) is 1. The molecule has 2 aliphatic rings. The first kappa shape index (κ1) is 12.8. The van der Waals surface area contributed by atoms with Gasteiger partial charge in [0.1, 0.15) is 0 Å². The molecule has 2 fully saturated rings. The van der Waals surface area contributed by atoms with Gasteiger partial charge in [-0.2, -0.15) is 0 Å². The van der Waals surface area contributed by atoms with Crippen molar-refractivity contribution >= 4 is 5.91 Å². The molecule has 0 aromatic heterocycles. The lowest BCUT2D eigenvalue weighted by atomic mass is 9.83. The van der Waals surface area contributed by atoms with Gasteiger partial charge in [0.25, 0.3) is 0 Å². The Hall–Kier alpha value is -0.610. The molecular weight excluding hydrogens is 216 g/mol. The maximum absolute atomic E-state index is 12.7. The van der Waals surface area contributed by atoms with Gasteiger partial charge in [0.05, 0.1) is 18.6 Å². The number of ether oxygens (including phenoxy) is 1. The third-order valence-electron chi connectivity index (χ3n) is 4.50. The smallest absolute Gasteiger partial charge is 0.233 e. The Morgan fingerprint density at radius 1 is 1.53 bits per heavy atom. The van der Waals surface area contributed by atoms with Gasteiger partial charge in [0.15, 0.2) is 0 Å². The Labute approximate surface area is 103 Å². The van der Waals surface area contributed by atoms with E-state index in [2.05, 4.69) is 18.7 Å². The minimum absolute atomic E-state index is 0.166. The van der Waals surface area contributed by atoms with Crippen molar-refractivity contribution in [3.8, 4) is 0 Å².